The maximum atomic E-state index is 5.77. The van der Waals surface area contributed by atoms with Gasteiger partial charge in [0.1, 0.15) is 12.4 Å². The van der Waals surface area contributed by atoms with Crippen LogP contribution in [0.1, 0.15) is 0 Å². The fraction of sp³-hybridized carbons (Fsp3) is 0.200. The average Bonchev–Trinajstić information content (AvgIpc) is 2.39. The Balaban J connectivity index is 2.19. The molecule has 2 aromatic rings. The van der Waals surface area contributed by atoms with Crippen LogP contribution in [-0.4, -0.2) is 20.2 Å². The molecule has 0 radical (unpaired) electrons. The van der Waals surface area contributed by atoms with Gasteiger partial charge in [0.15, 0.2) is 0 Å². The zero-order chi connectivity index (χ0) is 13.0. The molecule has 0 fully saturated rings. The lowest BCUT2D eigenvalue weighted by Crippen LogP contribution is -2.14. The lowest BCUT2D eigenvalue weighted by Gasteiger charge is -2.11. The first-order valence-corrected chi connectivity index (χ1v) is 6.63. The van der Waals surface area contributed by atoms with Crippen LogP contribution in [0.4, 0.5) is 0 Å². The molecule has 18 heavy (non-hydrogen) atoms. The van der Waals surface area contributed by atoms with Crippen molar-refractivity contribution in [3.05, 3.63) is 53.0 Å². The van der Waals surface area contributed by atoms with Gasteiger partial charge in [-0.3, -0.25) is 0 Å². The van der Waals surface area contributed by atoms with Crippen molar-refractivity contribution in [2.45, 2.75) is 0 Å². The van der Waals surface area contributed by atoms with Crippen molar-refractivity contribution in [1.29, 1.82) is 0 Å². The topological polar surface area (TPSA) is 21.3 Å². The number of hydrogen-bond donors (Lipinski definition) is 1. The van der Waals surface area contributed by atoms with Crippen LogP contribution in [0.3, 0.4) is 0 Å². The highest BCUT2D eigenvalue weighted by atomic mass is 79.9. The van der Waals surface area contributed by atoms with E-state index in [4.69, 9.17) is 4.74 Å². The van der Waals surface area contributed by atoms with Crippen molar-refractivity contribution < 1.29 is 4.74 Å². The first kappa shape index (κ1) is 13.1. The standard InChI is InChI=1S/C15H16BrNO/c1-11(9-17-2)10-18-14-8-7-12-5-3-4-6-13(12)15(14)16/h3-8,17H,1,9-10H2,2H3. The Bertz CT molecular complexity index is 565. The van der Waals surface area contributed by atoms with Crippen LogP contribution in [-0.2, 0) is 0 Å². The number of rotatable bonds is 5. The molecule has 0 bridgehead atoms. The Kier molecular flexibility index (Phi) is 4.39. The van der Waals surface area contributed by atoms with Crippen LogP contribution in [0.5, 0.6) is 5.75 Å². The summed E-state index contributed by atoms with van der Waals surface area (Å²) < 4.78 is 6.77. The smallest absolute Gasteiger partial charge is 0.134 e. The molecule has 2 rings (SSSR count). The van der Waals surface area contributed by atoms with Gasteiger partial charge >= 0.3 is 0 Å². The Hall–Kier alpha value is -1.32. The van der Waals surface area contributed by atoms with E-state index in [0.717, 1.165) is 27.7 Å². The predicted octanol–water partition coefficient (Wildman–Crippen LogP) is 3.76. The number of hydrogen-bond acceptors (Lipinski definition) is 2. The summed E-state index contributed by atoms with van der Waals surface area (Å²) in [5.74, 6) is 0.853. The Morgan fingerprint density at radius 2 is 2.06 bits per heavy atom. The van der Waals surface area contributed by atoms with E-state index in [1.165, 1.54) is 5.39 Å². The molecule has 2 aromatic carbocycles. The maximum absolute atomic E-state index is 5.77. The summed E-state index contributed by atoms with van der Waals surface area (Å²) in [6, 6.07) is 12.3. The van der Waals surface area contributed by atoms with Crippen molar-refractivity contribution in [2.24, 2.45) is 0 Å². The van der Waals surface area contributed by atoms with Crippen molar-refractivity contribution in [3.8, 4) is 5.75 Å². The third-order valence-corrected chi connectivity index (χ3v) is 3.50. The minimum absolute atomic E-state index is 0.526. The highest BCUT2D eigenvalue weighted by Crippen LogP contribution is 2.33. The molecule has 0 aliphatic carbocycles. The van der Waals surface area contributed by atoms with Crippen LogP contribution in [0.25, 0.3) is 10.8 Å². The van der Waals surface area contributed by atoms with Gasteiger partial charge in [-0.25, -0.2) is 0 Å². The average molecular weight is 306 g/mol. The molecule has 1 N–H and O–H groups in total. The second-order valence-electron chi connectivity index (χ2n) is 4.17. The second-order valence-corrected chi connectivity index (χ2v) is 4.96. The number of ether oxygens (including phenoxy) is 1. The van der Waals surface area contributed by atoms with Gasteiger partial charge < -0.3 is 10.1 Å². The summed E-state index contributed by atoms with van der Waals surface area (Å²) in [6.45, 7) is 5.24. The molecule has 3 heteroatoms. The van der Waals surface area contributed by atoms with Gasteiger partial charge in [0.25, 0.3) is 0 Å². The first-order valence-electron chi connectivity index (χ1n) is 5.83. The number of benzene rings is 2. The molecule has 0 aliphatic heterocycles. The minimum Gasteiger partial charge on any atom is -0.488 e. The quantitative estimate of drug-likeness (QED) is 0.849. The van der Waals surface area contributed by atoms with E-state index in [0.29, 0.717) is 6.61 Å². The van der Waals surface area contributed by atoms with Gasteiger partial charge in [-0.05, 0) is 45.4 Å². The van der Waals surface area contributed by atoms with Gasteiger partial charge in [-0.15, -0.1) is 0 Å². The molecule has 0 heterocycles. The van der Waals surface area contributed by atoms with E-state index in [9.17, 15) is 0 Å². The lowest BCUT2D eigenvalue weighted by atomic mass is 10.1. The molecule has 0 aromatic heterocycles. The van der Waals surface area contributed by atoms with Crippen LogP contribution in [0.15, 0.2) is 53.0 Å². The van der Waals surface area contributed by atoms with E-state index in [1.54, 1.807) is 0 Å². The van der Waals surface area contributed by atoms with Crippen LogP contribution in [0, 0.1) is 0 Å². The maximum Gasteiger partial charge on any atom is 0.134 e. The zero-order valence-corrected chi connectivity index (χ0v) is 12.0. The molecule has 94 valence electrons. The third kappa shape index (κ3) is 2.92. The fourth-order valence-corrected chi connectivity index (χ4v) is 2.41. The van der Waals surface area contributed by atoms with Gasteiger partial charge in [0.05, 0.1) is 4.47 Å². The van der Waals surface area contributed by atoms with Gasteiger partial charge in [0.2, 0.25) is 0 Å². The number of fused-ring (bicyclic) bond motifs is 1. The summed E-state index contributed by atoms with van der Waals surface area (Å²) >= 11 is 3.60. The fourth-order valence-electron chi connectivity index (χ4n) is 1.81. The van der Waals surface area contributed by atoms with Gasteiger partial charge in [-0.1, -0.05) is 36.9 Å². The van der Waals surface area contributed by atoms with Crippen LogP contribution in [0.2, 0.25) is 0 Å². The summed E-state index contributed by atoms with van der Waals surface area (Å²) in [4.78, 5) is 0. The molecular formula is C15H16BrNO. The van der Waals surface area contributed by atoms with E-state index in [-0.39, 0.29) is 0 Å². The molecule has 0 amide bonds. The molecule has 2 nitrogen and oxygen atoms in total. The van der Waals surface area contributed by atoms with E-state index < -0.39 is 0 Å². The molecular weight excluding hydrogens is 290 g/mol. The minimum atomic E-state index is 0.526. The SMILES string of the molecule is C=C(CNC)COc1ccc2ccccc2c1Br. The van der Waals surface area contributed by atoms with Gasteiger partial charge in [-0.2, -0.15) is 0 Å². The van der Waals surface area contributed by atoms with Crippen molar-refractivity contribution in [1.82, 2.24) is 5.32 Å². The van der Waals surface area contributed by atoms with E-state index >= 15 is 0 Å². The summed E-state index contributed by atoms with van der Waals surface area (Å²) in [6.07, 6.45) is 0. The largest absolute Gasteiger partial charge is 0.488 e. The van der Waals surface area contributed by atoms with Gasteiger partial charge in [0, 0.05) is 6.54 Å². The number of halogens is 1. The van der Waals surface area contributed by atoms with Crippen molar-refractivity contribution in [3.63, 3.8) is 0 Å². The summed E-state index contributed by atoms with van der Waals surface area (Å²) in [7, 11) is 1.90. The second kappa shape index (κ2) is 6.03. The molecule has 0 spiro atoms. The molecule has 0 unspecified atom stereocenters. The summed E-state index contributed by atoms with van der Waals surface area (Å²) in [5, 5.41) is 5.42. The zero-order valence-electron chi connectivity index (χ0n) is 10.4. The van der Waals surface area contributed by atoms with Crippen molar-refractivity contribution >= 4 is 26.7 Å². The van der Waals surface area contributed by atoms with E-state index in [1.807, 2.05) is 25.2 Å². The monoisotopic (exact) mass is 305 g/mol. The number of nitrogens with one attached hydrogen (secondary N) is 1. The Morgan fingerprint density at radius 3 is 2.83 bits per heavy atom. The Morgan fingerprint density at radius 1 is 1.28 bits per heavy atom. The molecule has 0 saturated heterocycles. The highest BCUT2D eigenvalue weighted by molar-refractivity contribution is 9.10. The molecule has 0 aliphatic rings. The highest BCUT2D eigenvalue weighted by Gasteiger charge is 2.06. The third-order valence-electron chi connectivity index (χ3n) is 2.69. The normalized spacial score (nSPS) is 10.6. The van der Waals surface area contributed by atoms with Crippen molar-refractivity contribution in [2.75, 3.05) is 20.2 Å². The molecule has 0 saturated carbocycles. The van der Waals surface area contributed by atoms with E-state index in [2.05, 4.69) is 46.0 Å². The predicted molar refractivity (Wildman–Crippen MR) is 80.2 cm³/mol. The number of likely N-dealkylation sites (N-methyl/N-ethyl adjacent to an activating group) is 1. The summed E-state index contributed by atoms with van der Waals surface area (Å²) in [5.41, 5.74) is 1.03. The van der Waals surface area contributed by atoms with Crippen LogP contribution >= 0.6 is 15.9 Å². The Labute approximate surface area is 116 Å². The lowest BCUT2D eigenvalue weighted by molar-refractivity contribution is 0.347. The molecule has 0 atom stereocenters. The first-order chi connectivity index (χ1) is 8.72. The van der Waals surface area contributed by atoms with Crippen LogP contribution < -0.4 is 10.1 Å².